The molecule has 10 aromatic rings. The van der Waals surface area contributed by atoms with Crippen molar-refractivity contribution in [1.29, 1.82) is 0 Å². The molecule has 0 atom stereocenters. The monoisotopic (exact) mass is 718 g/mol. The van der Waals surface area contributed by atoms with E-state index in [-0.39, 0.29) is 0 Å². The van der Waals surface area contributed by atoms with Gasteiger partial charge in [-0.25, -0.2) is 0 Å². The van der Waals surface area contributed by atoms with Gasteiger partial charge in [-0.3, -0.25) is 0 Å². The lowest BCUT2D eigenvalue weighted by atomic mass is 9.91. The highest BCUT2D eigenvalue weighted by molar-refractivity contribution is 7.26. The fourth-order valence-electron chi connectivity index (χ4n) is 8.29. The zero-order valence-electron chi connectivity index (χ0n) is 29.9. The Labute approximate surface area is 324 Å². The van der Waals surface area contributed by atoms with Crippen LogP contribution in [0.15, 0.2) is 200 Å². The van der Waals surface area contributed by atoms with Gasteiger partial charge in [0, 0.05) is 64.9 Å². The van der Waals surface area contributed by atoms with Crippen LogP contribution in [0.5, 0.6) is 0 Å². The number of thiophene rings is 1. The quantitative estimate of drug-likeness (QED) is 0.184. The summed E-state index contributed by atoms with van der Waals surface area (Å²) in [6.45, 7) is 0. The van der Waals surface area contributed by atoms with Crippen LogP contribution in [-0.4, -0.2) is 0 Å². The topological polar surface area (TPSA) is 15.3 Å². The molecule has 1 N–H and O–H groups in total. The number of nitrogens with zero attached hydrogens (tertiary/aromatic N) is 1. The van der Waals surface area contributed by atoms with Crippen molar-refractivity contribution in [2.45, 2.75) is 0 Å². The van der Waals surface area contributed by atoms with E-state index in [0.717, 1.165) is 17.1 Å². The summed E-state index contributed by atoms with van der Waals surface area (Å²) in [4.78, 5) is 2.35. The molecule has 11 rings (SSSR count). The summed E-state index contributed by atoms with van der Waals surface area (Å²) < 4.78 is 2.65. The van der Waals surface area contributed by atoms with E-state index in [1.807, 2.05) is 11.3 Å². The Kier molecular flexibility index (Phi) is 7.39. The molecule has 0 amide bonds. The number of nitrogens with one attached hydrogen (secondary N) is 1. The Morgan fingerprint density at radius 3 is 1.47 bits per heavy atom. The maximum Gasteiger partial charge on any atom is 0.0470 e. The van der Waals surface area contributed by atoms with Crippen molar-refractivity contribution in [3.63, 3.8) is 0 Å². The number of hydrogen-bond donors (Lipinski definition) is 1. The van der Waals surface area contributed by atoms with E-state index in [2.05, 4.69) is 210 Å². The van der Waals surface area contributed by atoms with E-state index >= 15 is 0 Å². The number of fused-ring (bicyclic) bond motifs is 6. The average Bonchev–Trinajstić information content (AvgIpc) is 3.63. The lowest BCUT2D eigenvalue weighted by molar-refractivity contribution is 1.28. The van der Waals surface area contributed by atoms with E-state index in [4.69, 9.17) is 0 Å². The first kappa shape index (κ1) is 31.6. The van der Waals surface area contributed by atoms with Gasteiger partial charge < -0.3 is 10.2 Å². The summed E-state index contributed by atoms with van der Waals surface area (Å²) in [5.41, 5.74) is 15.5. The summed E-state index contributed by atoms with van der Waals surface area (Å²) in [7, 11) is 0. The zero-order valence-corrected chi connectivity index (χ0v) is 30.7. The van der Waals surface area contributed by atoms with Gasteiger partial charge in [0.25, 0.3) is 0 Å². The van der Waals surface area contributed by atoms with Gasteiger partial charge in [-0.1, -0.05) is 140 Å². The number of para-hydroxylation sites is 1. The maximum atomic E-state index is 3.69. The minimum Gasteiger partial charge on any atom is -0.354 e. The first-order valence-electron chi connectivity index (χ1n) is 18.8. The van der Waals surface area contributed by atoms with Gasteiger partial charge >= 0.3 is 0 Å². The third-order valence-corrected chi connectivity index (χ3v) is 12.2. The molecule has 258 valence electrons. The molecule has 3 heteroatoms. The van der Waals surface area contributed by atoms with E-state index in [9.17, 15) is 0 Å². The standard InChI is InChI=1S/C52H34N2S/c1-3-10-34(11-4-1)36-18-25-40(26-19-36)54(41-27-20-37(21-28-41)35-12-5-2-6-13-35)42-29-22-38(23-30-42)39-24-31-44-47-33-46-43-14-7-8-16-48(43)53-49-17-9-15-45(51(46)49)52(47)55-50(44)32-39/h1-33,53H. The van der Waals surface area contributed by atoms with Crippen LogP contribution in [-0.2, 0) is 0 Å². The molecular weight excluding hydrogens is 685 g/mol. The highest BCUT2D eigenvalue weighted by Crippen LogP contribution is 2.50. The van der Waals surface area contributed by atoms with Crippen LogP contribution < -0.4 is 10.2 Å². The van der Waals surface area contributed by atoms with Crippen LogP contribution >= 0.6 is 11.3 Å². The molecule has 0 fully saturated rings. The second-order valence-electron chi connectivity index (χ2n) is 14.2. The van der Waals surface area contributed by atoms with E-state index < -0.39 is 0 Å². The molecule has 0 radical (unpaired) electrons. The summed E-state index contributed by atoms with van der Waals surface area (Å²) in [6, 6.07) is 72.7. The molecule has 2 heterocycles. The van der Waals surface area contributed by atoms with Crippen LogP contribution in [0.4, 0.5) is 28.4 Å². The summed E-state index contributed by atoms with van der Waals surface area (Å²) >= 11 is 1.90. The SMILES string of the molecule is c1ccc(-c2ccc(N(c3ccc(-c4ccccc4)cc3)c3ccc(-c4ccc5c(c4)sc4c6cccc7c6c(cc54)-c4ccccc4N7)cc3)cc2)cc1. The van der Waals surface area contributed by atoms with E-state index in [1.54, 1.807) is 0 Å². The molecule has 2 nitrogen and oxygen atoms in total. The van der Waals surface area contributed by atoms with Crippen molar-refractivity contribution in [1.82, 2.24) is 0 Å². The summed E-state index contributed by atoms with van der Waals surface area (Å²) in [6.07, 6.45) is 0. The highest BCUT2D eigenvalue weighted by Gasteiger charge is 2.21. The van der Waals surface area contributed by atoms with Crippen LogP contribution in [0.2, 0.25) is 0 Å². The number of anilines is 5. The minimum absolute atomic E-state index is 1.11. The first-order chi connectivity index (χ1) is 27.2. The molecule has 0 bridgehead atoms. The number of hydrogen-bond acceptors (Lipinski definition) is 3. The molecule has 9 aromatic carbocycles. The minimum atomic E-state index is 1.11. The Morgan fingerprint density at radius 1 is 0.345 bits per heavy atom. The molecule has 55 heavy (non-hydrogen) atoms. The van der Waals surface area contributed by atoms with Gasteiger partial charge in [-0.2, -0.15) is 0 Å². The van der Waals surface area contributed by atoms with E-state index in [0.29, 0.717) is 0 Å². The van der Waals surface area contributed by atoms with Gasteiger partial charge in [-0.15, -0.1) is 11.3 Å². The molecule has 0 saturated carbocycles. The van der Waals surface area contributed by atoms with Crippen molar-refractivity contribution >= 4 is 70.7 Å². The fraction of sp³-hybridized carbons (Fsp3) is 0. The van der Waals surface area contributed by atoms with Crippen LogP contribution in [0.1, 0.15) is 0 Å². The summed E-state index contributed by atoms with van der Waals surface area (Å²) in [5.74, 6) is 0. The second kappa shape index (κ2) is 12.9. The molecule has 1 aliphatic heterocycles. The van der Waals surface area contributed by atoms with Crippen molar-refractivity contribution in [3.8, 4) is 44.5 Å². The van der Waals surface area contributed by atoms with Gasteiger partial charge in [0.1, 0.15) is 0 Å². The fourth-order valence-corrected chi connectivity index (χ4v) is 9.55. The zero-order chi connectivity index (χ0) is 36.3. The Bertz CT molecular complexity index is 2940. The molecule has 0 saturated heterocycles. The molecule has 1 aliphatic rings. The number of rotatable bonds is 6. The molecule has 0 unspecified atom stereocenters. The van der Waals surface area contributed by atoms with Gasteiger partial charge in [-0.05, 0) is 99.6 Å². The largest absolute Gasteiger partial charge is 0.354 e. The van der Waals surface area contributed by atoms with Crippen molar-refractivity contribution < 1.29 is 0 Å². The van der Waals surface area contributed by atoms with Crippen molar-refractivity contribution in [2.75, 3.05) is 10.2 Å². The van der Waals surface area contributed by atoms with Gasteiger partial charge in [0.05, 0.1) is 0 Å². The average molecular weight is 719 g/mol. The number of benzene rings is 9. The van der Waals surface area contributed by atoms with Gasteiger partial charge in [0.15, 0.2) is 0 Å². The van der Waals surface area contributed by atoms with Crippen molar-refractivity contribution in [3.05, 3.63) is 200 Å². The van der Waals surface area contributed by atoms with Crippen molar-refractivity contribution in [2.24, 2.45) is 0 Å². The summed E-state index contributed by atoms with van der Waals surface area (Å²) in [5, 5.41) is 8.94. The van der Waals surface area contributed by atoms with Crippen LogP contribution in [0.25, 0.3) is 75.5 Å². The molecular formula is C52H34N2S. The molecule has 0 spiro atoms. The first-order valence-corrected chi connectivity index (χ1v) is 19.6. The highest BCUT2D eigenvalue weighted by atomic mass is 32.1. The lowest BCUT2D eigenvalue weighted by Gasteiger charge is -2.26. The lowest BCUT2D eigenvalue weighted by Crippen LogP contribution is -2.09. The van der Waals surface area contributed by atoms with E-state index in [1.165, 1.54) is 86.8 Å². The Morgan fingerprint density at radius 2 is 0.855 bits per heavy atom. The predicted molar refractivity (Wildman–Crippen MR) is 237 cm³/mol. The Hall–Kier alpha value is -6.94. The third kappa shape index (κ3) is 5.40. The second-order valence-corrected chi connectivity index (χ2v) is 15.3. The molecule has 1 aromatic heterocycles. The smallest absolute Gasteiger partial charge is 0.0470 e. The molecule has 0 aliphatic carbocycles. The maximum absolute atomic E-state index is 3.69. The third-order valence-electron chi connectivity index (χ3n) is 11.0. The normalized spacial score (nSPS) is 11.8. The van der Waals surface area contributed by atoms with Gasteiger partial charge in [0.2, 0.25) is 0 Å². The van der Waals surface area contributed by atoms with Crippen LogP contribution in [0, 0.1) is 0 Å². The van der Waals surface area contributed by atoms with Crippen LogP contribution in [0.3, 0.4) is 0 Å². The predicted octanol–water partition coefficient (Wildman–Crippen LogP) is 15.4. The Balaban J connectivity index is 0.974.